The van der Waals surface area contributed by atoms with Crippen molar-refractivity contribution in [2.24, 2.45) is 0 Å². The maximum atomic E-state index is 13.8. The van der Waals surface area contributed by atoms with Gasteiger partial charge in [0, 0.05) is 42.6 Å². The predicted molar refractivity (Wildman–Crippen MR) is 146 cm³/mol. The minimum atomic E-state index is -0.272. The minimum absolute atomic E-state index is 0.253. The number of aryl methyl sites for hydroxylation is 1. The third kappa shape index (κ3) is 5.21. The lowest BCUT2D eigenvalue weighted by molar-refractivity contribution is -0.121. The third-order valence-corrected chi connectivity index (χ3v) is 7.92. The maximum absolute atomic E-state index is 13.8. The second kappa shape index (κ2) is 10.9. The Balaban J connectivity index is 1.40. The first-order valence-corrected chi connectivity index (χ1v) is 13.4. The molecule has 0 bridgehead atoms. The van der Waals surface area contributed by atoms with Gasteiger partial charge in [-0.2, -0.15) is 0 Å². The molecule has 2 aliphatic heterocycles. The Morgan fingerprint density at radius 1 is 0.778 bits per heavy atom. The fourth-order valence-electron chi connectivity index (χ4n) is 4.58. The van der Waals surface area contributed by atoms with Crippen LogP contribution in [-0.4, -0.2) is 47.8 Å². The number of carbonyl (C=O) groups excluding carboxylic acids is 2. The zero-order valence-corrected chi connectivity index (χ0v) is 21.8. The lowest BCUT2D eigenvalue weighted by Gasteiger charge is -2.36. The van der Waals surface area contributed by atoms with Crippen LogP contribution in [0.4, 0.5) is 5.69 Å². The van der Waals surface area contributed by atoms with E-state index in [0.717, 1.165) is 36.5 Å². The van der Waals surface area contributed by atoms with Gasteiger partial charge in [0.05, 0.1) is 5.69 Å². The molecule has 3 aromatic rings. The van der Waals surface area contributed by atoms with Crippen molar-refractivity contribution in [2.45, 2.75) is 24.8 Å². The number of carbonyl (C=O) groups is 2. The fourth-order valence-corrected chi connectivity index (χ4v) is 5.70. The van der Waals surface area contributed by atoms with E-state index in [9.17, 15) is 9.59 Å². The third-order valence-electron chi connectivity index (χ3n) is 6.59. The van der Waals surface area contributed by atoms with Gasteiger partial charge in [-0.1, -0.05) is 72.8 Å². The van der Waals surface area contributed by atoms with Gasteiger partial charge in [-0.3, -0.25) is 14.5 Å². The van der Waals surface area contributed by atoms with Crippen LogP contribution in [0, 0.1) is 0 Å². The lowest BCUT2D eigenvalue weighted by atomic mass is 10.1. The van der Waals surface area contributed by atoms with Gasteiger partial charge in [0.1, 0.15) is 10.6 Å². The molecular weight excluding hydrogens is 490 g/mol. The number of nitrogens with zero attached hydrogens (tertiary/aromatic N) is 3. The molecule has 0 N–H and O–H groups in total. The molecule has 1 fully saturated rings. The molecule has 5 rings (SSSR count). The molecule has 0 saturated carbocycles. The molecule has 2 amide bonds. The Kier molecular flexibility index (Phi) is 7.46. The number of piperazine rings is 1. The Morgan fingerprint density at radius 2 is 1.44 bits per heavy atom. The highest BCUT2D eigenvalue weighted by atomic mass is 35.5. The highest BCUT2D eigenvalue weighted by Crippen LogP contribution is 2.39. The summed E-state index contributed by atoms with van der Waals surface area (Å²) in [6, 6.07) is 25.4. The first kappa shape index (κ1) is 24.6. The SMILES string of the molecule is CCc1ccc(N2C(=O)C(Sc3ccc(Cl)cc3)=C(N3CCN(Cc4ccccc4)CC3)C2=O)cc1. The molecule has 1 saturated heterocycles. The van der Waals surface area contributed by atoms with Gasteiger partial charge in [-0.05, 0) is 53.9 Å². The van der Waals surface area contributed by atoms with Crippen LogP contribution in [-0.2, 0) is 22.6 Å². The lowest BCUT2D eigenvalue weighted by Crippen LogP contribution is -2.47. The second-order valence-electron chi connectivity index (χ2n) is 8.95. The summed E-state index contributed by atoms with van der Waals surface area (Å²) >= 11 is 7.40. The highest BCUT2D eigenvalue weighted by Gasteiger charge is 2.43. The number of anilines is 1. The highest BCUT2D eigenvalue weighted by molar-refractivity contribution is 8.04. The Labute approximate surface area is 221 Å². The molecule has 5 nitrogen and oxygen atoms in total. The molecule has 0 spiro atoms. The molecule has 3 aromatic carbocycles. The number of thioether (sulfide) groups is 1. The van der Waals surface area contributed by atoms with Gasteiger partial charge in [-0.15, -0.1) is 0 Å². The molecule has 0 aromatic heterocycles. The molecule has 2 heterocycles. The van der Waals surface area contributed by atoms with Gasteiger partial charge >= 0.3 is 0 Å². The molecule has 0 atom stereocenters. The van der Waals surface area contributed by atoms with E-state index in [2.05, 4.69) is 41.0 Å². The van der Waals surface area contributed by atoms with E-state index in [1.165, 1.54) is 22.2 Å². The number of hydrogen-bond acceptors (Lipinski definition) is 5. The summed E-state index contributed by atoms with van der Waals surface area (Å²) in [5, 5.41) is 0.634. The summed E-state index contributed by atoms with van der Waals surface area (Å²) in [4.78, 5) is 34.6. The Bertz CT molecular complexity index is 1270. The predicted octanol–water partition coefficient (Wildman–Crippen LogP) is 5.60. The summed E-state index contributed by atoms with van der Waals surface area (Å²) in [5.41, 5.74) is 3.54. The van der Waals surface area contributed by atoms with E-state index in [-0.39, 0.29) is 11.8 Å². The van der Waals surface area contributed by atoms with Crippen molar-refractivity contribution in [1.29, 1.82) is 0 Å². The van der Waals surface area contributed by atoms with Crippen LogP contribution in [0.1, 0.15) is 18.1 Å². The van der Waals surface area contributed by atoms with E-state index < -0.39 is 0 Å². The average molecular weight is 518 g/mol. The molecular formula is C29H28ClN3O2S. The van der Waals surface area contributed by atoms with E-state index >= 15 is 0 Å². The molecule has 2 aliphatic rings. The summed E-state index contributed by atoms with van der Waals surface area (Å²) < 4.78 is 0. The number of amides is 2. The van der Waals surface area contributed by atoms with Crippen molar-refractivity contribution in [2.75, 3.05) is 31.1 Å². The van der Waals surface area contributed by atoms with E-state index in [4.69, 9.17) is 11.6 Å². The molecule has 184 valence electrons. The number of rotatable bonds is 7. The maximum Gasteiger partial charge on any atom is 0.283 e. The van der Waals surface area contributed by atoms with E-state index in [1.807, 2.05) is 42.5 Å². The van der Waals surface area contributed by atoms with Gasteiger partial charge in [0.15, 0.2) is 0 Å². The van der Waals surface area contributed by atoms with Crippen molar-refractivity contribution in [3.8, 4) is 0 Å². The second-order valence-corrected chi connectivity index (χ2v) is 10.5. The van der Waals surface area contributed by atoms with E-state index in [1.54, 1.807) is 12.1 Å². The van der Waals surface area contributed by atoms with Crippen molar-refractivity contribution in [3.63, 3.8) is 0 Å². The van der Waals surface area contributed by atoms with Gasteiger partial charge in [0.2, 0.25) is 0 Å². The van der Waals surface area contributed by atoms with Crippen LogP contribution in [0.5, 0.6) is 0 Å². The zero-order chi connectivity index (χ0) is 25.1. The van der Waals surface area contributed by atoms with Crippen molar-refractivity contribution in [1.82, 2.24) is 9.80 Å². The fraction of sp³-hybridized carbons (Fsp3) is 0.241. The van der Waals surface area contributed by atoms with Crippen LogP contribution in [0.25, 0.3) is 0 Å². The normalized spacial score (nSPS) is 16.8. The summed E-state index contributed by atoms with van der Waals surface area (Å²) in [5.74, 6) is -0.525. The smallest absolute Gasteiger partial charge is 0.283 e. The first-order valence-electron chi connectivity index (χ1n) is 12.2. The van der Waals surface area contributed by atoms with Gasteiger partial charge in [-0.25, -0.2) is 4.90 Å². The van der Waals surface area contributed by atoms with Crippen LogP contribution in [0.2, 0.25) is 5.02 Å². The van der Waals surface area contributed by atoms with Gasteiger partial charge in [0.25, 0.3) is 11.8 Å². The van der Waals surface area contributed by atoms with Gasteiger partial charge < -0.3 is 4.90 Å². The summed E-state index contributed by atoms with van der Waals surface area (Å²) in [7, 11) is 0. The Hall–Kier alpha value is -3.06. The quantitative estimate of drug-likeness (QED) is 0.382. The van der Waals surface area contributed by atoms with Crippen LogP contribution >= 0.6 is 23.4 Å². The number of hydrogen-bond donors (Lipinski definition) is 0. The van der Waals surface area contributed by atoms with Crippen molar-refractivity contribution in [3.05, 3.63) is 106 Å². The van der Waals surface area contributed by atoms with E-state index in [0.29, 0.717) is 34.4 Å². The average Bonchev–Trinajstić information content (AvgIpc) is 3.15. The number of imide groups is 1. The summed E-state index contributed by atoms with van der Waals surface area (Å²) in [6.07, 6.45) is 0.899. The number of halogens is 1. The van der Waals surface area contributed by atoms with Crippen LogP contribution in [0.3, 0.4) is 0 Å². The largest absolute Gasteiger partial charge is 0.363 e. The molecule has 7 heteroatoms. The molecule has 0 radical (unpaired) electrons. The molecule has 0 unspecified atom stereocenters. The first-order chi connectivity index (χ1) is 17.5. The van der Waals surface area contributed by atoms with Crippen molar-refractivity contribution >= 4 is 40.9 Å². The monoisotopic (exact) mass is 517 g/mol. The Morgan fingerprint density at radius 3 is 2.08 bits per heavy atom. The molecule has 36 heavy (non-hydrogen) atoms. The standard InChI is InChI=1S/C29H28ClN3O2S/c1-2-21-8-12-24(13-9-21)33-28(34)26(27(29(33)35)36-25-14-10-23(30)11-15-25)32-18-16-31(17-19-32)20-22-6-4-3-5-7-22/h3-15H,2,16-20H2,1H3. The topological polar surface area (TPSA) is 43.9 Å². The number of benzene rings is 3. The van der Waals surface area contributed by atoms with Crippen LogP contribution in [0.15, 0.2) is 94.4 Å². The zero-order valence-electron chi connectivity index (χ0n) is 20.2. The molecule has 0 aliphatic carbocycles. The summed E-state index contributed by atoms with van der Waals surface area (Å²) in [6.45, 7) is 5.98. The van der Waals surface area contributed by atoms with Crippen molar-refractivity contribution < 1.29 is 9.59 Å². The van der Waals surface area contributed by atoms with Crippen LogP contribution < -0.4 is 4.90 Å². The minimum Gasteiger partial charge on any atom is -0.363 e.